The molecular formula is C24H34N2O2. The van der Waals surface area contributed by atoms with Gasteiger partial charge in [-0.1, -0.05) is 25.1 Å². The number of nitrogens with zero attached hydrogens (tertiary/aromatic N) is 1. The van der Waals surface area contributed by atoms with Crippen LogP contribution in [0.5, 0.6) is 0 Å². The van der Waals surface area contributed by atoms with Crippen LogP contribution >= 0.6 is 0 Å². The van der Waals surface area contributed by atoms with Crippen molar-refractivity contribution in [1.29, 1.82) is 0 Å². The van der Waals surface area contributed by atoms with Crippen molar-refractivity contribution in [3.63, 3.8) is 0 Å². The molecule has 0 saturated carbocycles. The molecule has 152 valence electrons. The third kappa shape index (κ3) is 3.47. The van der Waals surface area contributed by atoms with E-state index in [1.165, 1.54) is 35.0 Å². The molecule has 1 saturated heterocycles. The number of nitrogens with one attached hydrogen (secondary N) is 1. The summed E-state index contributed by atoms with van der Waals surface area (Å²) in [7, 11) is 0. The maximum atomic E-state index is 12.5. The summed E-state index contributed by atoms with van der Waals surface area (Å²) >= 11 is 0. The van der Waals surface area contributed by atoms with E-state index in [-0.39, 0.29) is 11.4 Å². The molecule has 2 unspecified atom stereocenters. The van der Waals surface area contributed by atoms with Crippen molar-refractivity contribution < 1.29 is 9.53 Å². The van der Waals surface area contributed by atoms with Crippen LogP contribution in [0.4, 0.5) is 0 Å². The van der Waals surface area contributed by atoms with Crippen molar-refractivity contribution >= 4 is 16.9 Å². The molecule has 4 rings (SSSR count). The molecule has 1 fully saturated rings. The Labute approximate surface area is 168 Å². The first-order chi connectivity index (χ1) is 13.3. The van der Waals surface area contributed by atoms with E-state index in [1.807, 2.05) is 20.8 Å². The van der Waals surface area contributed by atoms with Gasteiger partial charge in [-0.3, -0.25) is 9.69 Å². The summed E-state index contributed by atoms with van der Waals surface area (Å²) in [5, 5.41) is 1.37. The Kier molecular flexibility index (Phi) is 5.03. The average molecular weight is 383 g/mol. The summed E-state index contributed by atoms with van der Waals surface area (Å²) in [6.45, 7) is 10.4. The van der Waals surface area contributed by atoms with Crippen LogP contribution in [0.2, 0.25) is 0 Å². The van der Waals surface area contributed by atoms with Crippen molar-refractivity contribution in [2.24, 2.45) is 5.41 Å². The topological polar surface area (TPSA) is 45.3 Å². The minimum atomic E-state index is -0.412. The molecule has 2 aliphatic heterocycles. The van der Waals surface area contributed by atoms with E-state index in [1.54, 1.807) is 0 Å². The first kappa shape index (κ1) is 19.5. The predicted octanol–water partition coefficient (Wildman–Crippen LogP) is 5.38. The van der Waals surface area contributed by atoms with Gasteiger partial charge in [0.1, 0.15) is 5.60 Å². The lowest BCUT2D eigenvalue weighted by atomic mass is 9.65. The molecule has 1 aromatic heterocycles. The molecule has 1 aromatic carbocycles. The minimum absolute atomic E-state index is 0.0647. The van der Waals surface area contributed by atoms with Gasteiger partial charge in [0.2, 0.25) is 0 Å². The molecule has 2 aromatic rings. The summed E-state index contributed by atoms with van der Waals surface area (Å²) < 4.78 is 5.61. The van der Waals surface area contributed by atoms with Gasteiger partial charge in [-0.15, -0.1) is 0 Å². The van der Waals surface area contributed by atoms with Crippen LogP contribution in [0.25, 0.3) is 10.9 Å². The molecule has 4 nitrogen and oxygen atoms in total. The Balaban J connectivity index is 1.66. The third-order valence-corrected chi connectivity index (χ3v) is 6.79. The van der Waals surface area contributed by atoms with Crippen molar-refractivity contribution in [2.75, 3.05) is 13.1 Å². The lowest BCUT2D eigenvalue weighted by Gasteiger charge is -2.52. The number of ether oxygens (including phenoxy) is 1. The zero-order chi connectivity index (χ0) is 19.9. The number of rotatable bonds is 4. The fraction of sp³-hybridized carbons (Fsp3) is 0.625. The molecule has 0 bridgehead atoms. The van der Waals surface area contributed by atoms with Gasteiger partial charge in [-0.05, 0) is 76.5 Å². The number of aromatic nitrogens is 1. The van der Waals surface area contributed by atoms with E-state index in [0.717, 1.165) is 32.4 Å². The van der Waals surface area contributed by atoms with Crippen molar-refractivity contribution in [3.05, 3.63) is 35.5 Å². The van der Waals surface area contributed by atoms with Gasteiger partial charge < -0.3 is 9.72 Å². The van der Waals surface area contributed by atoms with E-state index in [0.29, 0.717) is 12.5 Å². The maximum Gasteiger partial charge on any atom is 0.306 e. The summed E-state index contributed by atoms with van der Waals surface area (Å²) in [4.78, 5) is 18.9. The Bertz CT molecular complexity index is 863. The number of carbonyl (C=O) groups excluding carboxylic acids is 1. The molecule has 0 aliphatic carbocycles. The molecule has 0 spiro atoms. The normalized spacial score (nSPS) is 25.4. The first-order valence-electron chi connectivity index (χ1n) is 10.9. The fourth-order valence-electron chi connectivity index (χ4n) is 5.55. The Morgan fingerprint density at radius 2 is 2.07 bits per heavy atom. The predicted molar refractivity (Wildman–Crippen MR) is 113 cm³/mol. The van der Waals surface area contributed by atoms with Gasteiger partial charge in [0, 0.05) is 29.6 Å². The standard InChI is InChI=1S/C24H34N2O2/c1-5-24(14-11-20(27)28-23(2,3)4)13-8-15-26-16-12-18-17-9-6-7-10-19(17)25-21(18)22(24)26/h6-7,9-10,22,25H,5,8,11-16H2,1-4H3. The fourth-order valence-corrected chi connectivity index (χ4v) is 5.55. The van der Waals surface area contributed by atoms with E-state index < -0.39 is 5.60 Å². The molecule has 1 N–H and O–H groups in total. The van der Waals surface area contributed by atoms with Crippen LogP contribution in [-0.2, 0) is 16.0 Å². The van der Waals surface area contributed by atoms with Crippen LogP contribution in [0, 0.1) is 5.41 Å². The van der Waals surface area contributed by atoms with Gasteiger partial charge in [0.05, 0.1) is 6.04 Å². The lowest BCUT2D eigenvalue weighted by molar-refractivity contribution is -0.156. The summed E-state index contributed by atoms with van der Waals surface area (Å²) in [5.41, 5.74) is 3.86. The Morgan fingerprint density at radius 1 is 1.29 bits per heavy atom. The third-order valence-electron chi connectivity index (χ3n) is 6.79. The molecule has 28 heavy (non-hydrogen) atoms. The minimum Gasteiger partial charge on any atom is -0.460 e. The van der Waals surface area contributed by atoms with Crippen LogP contribution in [-0.4, -0.2) is 34.5 Å². The van der Waals surface area contributed by atoms with E-state index >= 15 is 0 Å². The highest BCUT2D eigenvalue weighted by molar-refractivity contribution is 5.85. The van der Waals surface area contributed by atoms with E-state index in [4.69, 9.17) is 4.74 Å². The zero-order valence-electron chi connectivity index (χ0n) is 17.8. The highest BCUT2D eigenvalue weighted by atomic mass is 16.6. The number of piperidine rings is 1. The molecule has 2 aliphatic rings. The maximum absolute atomic E-state index is 12.5. The number of carbonyl (C=O) groups is 1. The molecule has 2 atom stereocenters. The van der Waals surface area contributed by atoms with Gasteiger partial charge in [-0.25, -0.2) is 0 Å². The summed E-state index contributed by atoms with van der Waals surface area (Å²) in [6, 6.07) is 9.06. The highest BCUT2D eigenvalue weighted by Gasteiger charge is 2.47. The number of aromatic amines is 1. The van der Waals surface area contributed by atoms with Gasteiger partial charge in [0.15, 0.2) is 0 Å². The van der Waals surface area contributed by atoms with Crippen LogP contribution in [0.1, 0.15) is 77.1 Å². The quantitative estimate of drug-likeness (QED) is 0.722. The second kappa shape index (κ2) is 7.22. The second-order valence-corrected chi connectivity index (χ2v) is 9.66. The molecule has 0 radical (unpaired) electrons. The lowest BCUT2D eigenvalue weighted by Crippen LogP contribution is -2.49. The average Bonchev–Trinajstić information content (AvgIpc) is 3.03. The summed E-state index contributed by atoms with van der Waals surface area (Å²) in [6.07, 6.45) is 6.00. The number of para-hydroxylation sites is 1. The number of benzene rings is 1. The van der Waals surface area contributed by atoms with E-state index in [2.05, 4.69) is 41.1 Å². The Morgan fingerprint density at radius 3 is 2.82 bits per heavy atom. The Hall–Kier alpha value is -1.81. The number of esters is 1. The smallest absolute Gasteiger partial charge is 0.306 e. The van der Waals surface area contributed by atoms with Crippen molar-refractivity contribution in [2.45, 2.75) is 77.9 Å². The molecular weight excluding hydrogens is 348 g/mol. The van der Waals surface area contributed by atoms with Crippen molar-refractivity contribution in [3.8, 4) is 0 Å². The van der Waals surface area contributed by atoms with E-state index in [9.17, 15) is 4.79 Å². The van der Waals surface area contributed by atoms with Crippen LogP contribution < -0.4 is 0 Å². The van der Waals surface area contributed by atoms with Gasteiger partial charge >= 0.3 is 5.97 Å². The zero-order valence-corrected chi connectivity index (χ0v) is 17.8. The molecule has 0 amide bonds. The van der Waals surface area contributed by atoms with Crippen LogP contribution in [0.15, 0.2) is 24.3 Å². The SMILES string of the molecule is CCC1(CCC(=O)OC(C)(C)C)CCCN2CCc3c([nH]c4ccccc34)C21. The van der Waals surface area contributed by atoms with Crippen LogP contribution in [0.3, 0.4) is 0 Å². The summed E-state index contributed by atoms with van der Waals surface area (Å²) in [5.74, 6) is -0.0647. The molecule has 3 heterocycles. The number of hydrogen-bond donors (Lipinski definition) is 1. The van der Waals surface area contributed by atoms with Gasteiger partial charge in [0.25, 0.3) is 0 Å². The largest absolute Gasteiger partial charge is 0.460 e. The monoisotopic (exact) mass is 382 g/mol. The highest BCUT2D eigenvalue weighted by Crippen LogP contribution is 2.53. The first-order valence-corrected chi connectivity index (χ1v) is 10.9. The second-order valence-electron chi connectivity index (χ2n) is 9.66. The number of hydrogen-bond acceptors (Lipinski definition) is 3. The van der Waals surface area contributed by atoms with Crippen molar-refractivity contribution in [1.82, 2.24) is 9.88 Å². The van der Waals surface area contributed by atoms with Gasteiger partial charge in [-0.2, -0.15) is 0 Å². The number of H-pyrrole nitrogens is 1. The molecule has 4 heteroatoms. The number of fused-ring (bicyclic) bond motifs is 5.